The second-order valence-corrected chi connectivity index (χ2v) is 16.7. The quantitative estimate of drug-likeness (QED) is 0.127. The maximum Gasteiger partial charge on any atom is 0.397 e. The summed E-state index contributed by atoms with van der Waals surface area (Å²) in [6.45, 7) is 14.2. The van der Waals surface area contributed by atoms with Crippen LogP contribution in [-0.4, -0.2) is 56.0 Å². The van der Waals surface area contributed by atoms with Gasteiger partial charge in [0.15, 0.2) is 0 Å². The lowest BCUT2D eigenvalue weighted by molar-refractivity contribution is -0.167. The fourth-order valence-electron chi connectivity index (χ4n) is 10.6. The van der Waals surface area contributed by atoms with Gasteiger partial charge in [0.05, 0.1) is 18.3 Å². The molecule has 0 aromatic carbocycles. The van der Waals surface area contributed by atoms with Gasteiger partial charge in [-0.25, -0.2) is 4.18 Å². The van der Waals surface area contributed by atoms with E-state index in [1.54, 1.807) is 0 Å². The Morgan fingerprint density at radius 3 is 2.35 bits per heavy atom. The Balaban J connectivity index is 1.32. The molecule has 0 heterocycles. The molecule has 0 amide bonds. The molecule has 0 bridgehead atoms. The van der Waals surface area contributed by atoms with Crippen LogP contribution in [0.15, 0.2) is 0 Å². The first-order valence-electron chi connectivity index (χ1n) is 17.4. The van der Waals surface area contributed by atoms with Crippen molar-refractivity contribution in [3.63, 3.8) is 0 Å². The van der Waals surface area contributed by atoms with E-state index in [-0.39, 0.29) is 17.4 Å². The predicted octanol–water partition coefficient (Wildman–Crippen LogP) is 6.12. The number of nitrogens with zero attached hydrogens (tertiary/aromatic N) is 1. The van der Waals surface area contributed by atoms with Crippen molar-refractivity contribution in [1.29, 1.82) is 5.26 Å². The molecule has 8 nitrogen and oxygen atoms in total. The molecule has 0 aliphatic heterocycles. The summed E-state index contributed by atoms with van der Waals surface area (Å²) >= 11 is 0. The molecule has 0 aromatic heterocycles. The van der Waals surface area contributed by atoms with Crippen LogP contribution in [0.4, 0.5) is 0 Å². The molecular weight excluding hydrogens is 562 g/mol. The van der Waals surface area contributed by atoms with Gasteiger partial charge in [-0.05, 0) is 149 Å². The van der Waals surface area contributed by atoms with E-state index >= 15 is 0 Å². The highest BCUT2D eigenvalue weighted by molar-refractivity contribution is 7.80. The minimum absolute atomic E-state index is 0.00984. The third-order valence-electron chi connectivity index (χ3n) is 12.9. The van der Waals surface area contributed by atoms with Crippen molar-refractivity contribution in [1.82, 2.24) is 10.6 Å². The molecule has 4 aliphatic rings. The lowest BCUT2D eigenvalue weighted by Crippen LogP contribution is -2.59. The Bertz CT molecular complexity index is 1050. The van der Waals surface area contributed by atoms with Gasteiger partial charge in [0.1, 0.15) is 0 Å². The number of hydrogen-bond acceptors (Lipinski definition) is 7. The van der Waals surface area contributed by atoms with Gasteiger partial charge < -0.3 is 15.7 Å². The van der Waals surface area contributed by atoms with Gasteiger partial charge in [-0.3, -0.25) is 4.55 Å². The Labute approximate surface area is 262 Å². The molecular formula is C34H61N3O5S. The van der Waals surface area contributed by atoms with Crippen LogP contribution in [0.2, 0.25) is 0 Å². The van der Waals surface area contributed by atoms with Crippen molar-refractivity contribution in [2.75, 3.05) is 19.6 Å². The molecule has 4 rings (SSSR count). The maximum atomic E-state index is 11.8. The monoisotopic (exact) mass is 623 g/mol. The maximum absolute atomic E-state index is 11.8. The van der Waals surface area contributed by atoms with Crippen LogP contribution >= 0.6 is 0 Å². The second-order valence-electron chi connectivity index (χ2n) is 15.7. The van der Waals surface area contributed by atoms with Crippen LogP contribution in [0.5, 0.6) is 0 Å². The van der Waals surface area contributed by atoms with Crippen LogP contribution in [0, 0.1) is 63.6 Å². The SMILES string of the molecule is CC(C)C(CCC(C)[C@H]1CCC2C3C(O)CC4CC(NCCCNCCCC#N)CC[C@]4(C)C3CC[C@@]21C)OS(=O)(=O)O. The summed E-state index contributed by atoms with van der Waals surface area (Å²) in [5.74, 6) is 3.14. The van der Waals surface area contributed by atoms with Crippen molar-refractivity contribution in [2.24, 2.45) is 52.3 Å². The average Bonchev–Trinajstić information content (AvgIpc) is 3.29. The molecule has 9 heteroatoms. The number of unbranched alkanes of at least 4 members (excludes halogenated alkanes) is 1. The van der Waals surface area contributed by atoms with Crippen molar-refractivity contribution in [3.05, 3.63) is 0 Å². The first kappa shape index (κ1) is 35.1. The van der Waals surface area contributed by atoms with E-state index in [9.17, 15) is 18.1 Å². The molecule has 8 unspecified atom stereocenters. The van der Waals surface area contributed by atoms with E-state index < -0.39 is 16.5 Å². The summed E-state index contributed by atoms with van der Waals surface area (Å²) in [5.41, 5.74) is 0.524. The van der Waals surface area contributed by atoms with Crippen molar-refractivity contribution in [3.8, 4) is 6.07 Å². The summed E-state index contributed by atoms with van der Waals surface area (Å²) in [6, 6.07) is 2.75. The van der Waals surface area contributed by atoms with Crippen molar-refractivity contribution >= 4 is 10.4 Å². The molecule has 0 saturated heterocycles. The summed E-state index contributed by atoms with van der Waals surface area (Å²) in [4.78, 5) is 0. The Morgan fingerprint density at radius 1 is 0.953 bits per heavy atom. The Morgan fingerprint density at radius 2 is 1.65 bits per heavy atom. The van der Waals surface area contributed by atoms with E-state index in [1.807, 2.05) is 13.8 Å². The summed E-state index contributed by atoms with van der Waals surface area (Å²) in [7, 11) is -4.46. The molecule has 248 valence electrons. The zero-order valence-electron chi connectivity index (χ0n) is 27.6. The second kappa shape index (κ2) is 14.8. The topological polar surface area (TPSA) is 132 Å². The van der Waals surface area contributed by atoms with Gasteiger partial charge in [-0.2, -0.15) is 13.7 Å². The molecule has 4 fully saturated rings. The molecule has 0 spiro atoms. The summed E-state index contributed by atoms with van der Waals surface area (Å²) < 4.78 is 37.1. The van der Waals surface area contributed by atoms with Crippen LogP contribution < -0.4 is 10.6 Å². The van der Waals surface area contributed by atoms with Gasteiger partial charge >= 0.3 is 10.4 Å². The minimum atomic E-state index is -4.46. The van der Waals surface area contributed by atoms with Gasteiger partial charge in [-0.15, -0.1) is 0 Å². The van der Waals surface area contributed by atoms with Crippen molar-refractivity contribution < 1.29 is 22.3 Å². The fraction of sp³-hybridized carbons (Fsp3) is 0.971. The smallest absolute Gasteiger partial charge is 0.393 e. The highest BCUT2D eigenvalue weighted by Gasteiger charge is 2.62. The molecule has 0 aromatic rings. The van der Waals surface area contributed by atoms with E-state index in [0.29, 0.717) is 59.8 Å². The number of fused-ring (bicyclic) bond motifs is 5. The first-order chi connectivity index (χ1) is 20.3. The number of rotatable bonds is 15. The predicted molar refractivity (Wildman–Crippen MR) is 170 cm³/mol. The van der Waals surface area contributed by atoms with Gasteiger partial charge in [-0.1, -0.05) is 34.6 Å². The first-order valence-corrected chi connectivity index (χ1v) is 18.8. The van der Waals surface area contributed by atoms with Crippen LogP contribution in [0.3, 0.4) is 0 Å². The van der Waals surface area contributed by atoms with Gasteiger partial charge in [0.2, 0.25) is 0 Å². The van der Waals surface area contributed by atoms with E-state index in [4.69, 9.17) is 9.44 Å². The molecule has 4 N–H and O–H groups in total. The Hall–Kier alpha value is -0.760. The molecule has 43 heavy (non-hydrogen) atoms. The molecule has 4 saturated carbocycles. The highest BCUT2D eigenvalue weighted by Crippen LogP contribution is 2.68. The zero-order chi connectivity index (χ0) is 31.4. The average molecular weight is 624 g/mol. The van der Waals surface area contributed by atoms with Crippen LogP contribution in [-0.2, 0) is 14.6 Å². The van der Waals surface area contributed by atoms with Crippen molar-refractivity contribution in [2.45, 2.75) is 136 Å². The van der Waals surface area contributed by atoms with Gasteiger partial charge in [0, 0.05) is 12.5 Å². The standard InChI is InChI=1S/C34H61N3O5S/c1-23(2)31(42-43(39,40)41)12-9-24(3)27-10-11-28-32-29(14-16-34(27,28)5)33(4)15-13-26(21-25(33)22-30(32)38)37-20-8-19-36-18-7-6-17-35/h23-32,36-38H,6-16,18-22H2,1-5H3,(H,39,40,41)/t24?,25?,26?,27-,28?,29?,30?,31?,32?,33+,34-/m1/s1. The highest BCUT2D eigenvalue weighted by atomic mass is 32.3. The summed E-state index contributed by atoms with van der Waals surface area (Å²) in [5, 5.41) is 27.7. The molecule has 11 atom stereocenters. The van der Waals surface area contributed by atoms with Crippen LogP contribution in [0.25, 0.3) is 0 Å². The van der Waals surface area contributed by atoms with Crippen LogP contribution in [0.1, 0.15) is 118 Å². The Kier molecular flexibility index (Phi) is 12.1. The largest absolute Gasteiger partial charge is 0.397 e. The number of nitriles is 1. The third kappa shape index (κ3) is 8.16. The number of hydrogen-bond donors (Lipinski definition) is 4. The fourth-order valence-corrected chi connectivity index (χ4v) is 11.2. The van der Waals surface area contributed by atoms with E-state index in [0.717, 1.165) is 45.3 Å². The van der Waals surface area contributed by atoms with E-state index in [1.165, 1.54) is 44.9 Å². The summed E-state index contributed by atoms with van der Waals surface area (Å²) in [6.07, 6.45) is 12.8. The molecule has 4 aliphatic carbocycles. The lowest BCUT2D eigenvalue weighted by atomic mass is 9.43. The number of nitrogens with one attached hydrogen (secondary N) is 2. The number of aliphatic hydroxyl groups is 1. The minimum Gasteiger partial charge on any atom is -0.393 e. The van der Waals surface area contributed by atoms with Gasteiger partial charge in [0.25, 0.3) is 0 Å². The molecule has 0 radical (unpaired) electrons. The lowest BCUT2D eigenvalue weighted by Gasteiger charge is -2.62. The number of aliphatic hydroxyl groups excluding tert-OH is 1. The van der Waals surface area contributed by atoms with E-state index in [2.05, 4.69) is 37.5 Å². The zero-order valence-corrected chi connectivity index (χ0v) is 28.4. The normalized spacial score (nSPS) is 39.0. The third-order valence-corrected chi connectivity index (χ3v) is 13.4.